The molecule has 0 aliphatic heterocycles. The Balaban J connectivity index is 1.99. The van der Waals surface area contributed by atoms with Crippen molar-refractivity contribution in [3.63, 3.8) is 0 Å². The van der Waals surface area contributed by atoms with E-state index in [4.69, 9.17) is 11.6 Å². The summed E-state index contributed by atoms with van der Waals surface area (Å²) in [7, 11) is 0. The van der Waals surface area contributed by atoms with E-state index in [9.17, 15) is 5.11 Å². The summed E-state index contributed by atoms with van der Waals surface area (Å²) in [4.78, 5) is 0. The smallest absolute Gasteiger partial charge is 0.0609 e. The normalized spacial score (nSPS) is 19.2. The van der Waals surface area contributed by atoms with Crippen LogP contribution in [0.15, 0.2) is 22.7 Å². The molecule has 0 heterocycles. The second-order valence-electron chi connectivity index (χ2n) is 4.91. The van der Waals surface area contributed by atoms with E-state index in [0.29, 0.717) is 12.3 Å². The molecule has 1 atom stereocenters. The molecule has 1 N–H and O–H groups in total. The predicted octanol–water partition coefficient (Wildman–Crippen LogP) is 4.59. The Hall–Kier alpha value is -0.0500. The van der Waals surface area contributed by atoms with Crippen LogP contribution in [0.5, 0.6) is 0 Å². The quantitative estimate of drug-likeness (QED) is 0.864. The Bertz CT molecular complexity index is 374. The average molecular weight is 318 g/mol. The second-order valence-corrected chi connectivity index (χ2v) is 6.23. The van der Waals surface area contributed by atoms with Crippen molar-refractivity contribution in [3.8, 4) is 0 Å². The van der Waals surface area contributed by atoms with Crippen molar-refractivity contribution in [1.82, 2.24) is 0 Å². The largest absolute Gasteiger partial charge is 0.392 e. The molecule has 94 valence electrons. The molecule has 1 saturated carbocycles. The van der Waals surface area contributed by atoms with E-state index in [1.807, 2.05) is 18.2 Å². The Kier molecular flexibility index (Phi) is 4.89. The van der Waals surface area contributed by atoms with Crippen molar-refractivity contribution in [2.24, 2.45) is 5.92 Å². The van der Waals surface area contributed by atoms with Gasteiger partial charge in [0, 0.05) is 15.9 Å². The topological polar surface area (TPSA) is 20.2 Å². The summed E-state index contributed by atoms with van der Waals surface area (Å²) in [6.07, 6.45) is 6.60. The van der Waals surface area contributed by atoms with Gasteiger partial charge in [-0.2, -0.15) is 0 Å². The first-order chi connectivity index (χ1) is 8.16. The molecule has 17 heavy (non-hydrogen) atoms. The first kappa shape index (κ1) is 13.4. The first-order valence-electron chi connectivity index (χ1n) is 6.29. The number of rotatable bonds is 3. The summed E-state index contributed by atoms with van der Waals surface area (Å²) in [6, 6.07) is 5.87. The van der Waals surface area contributed by atoms with Gasteiger partial charge in [0.1, 0.15) is 0 Å². The Morgan fingerprint density at radius 3 is 2.65 bits per heavy atom. The number of halogens is 2. The molecule has 1 unspecified atom stereocenters. The second kappa shape index (κ2) is 6.21. The summed E-state index contributed by atoms with van der Waals surface area (Å²) in [5.41, 5.74) is 1.05. The van der Waals surface area contributed by atoms with E-state index in [2.05, 4.69) is 15.9 Å². The Morgan fingerprint density at radius 2 is 2.00 bits per heavy atom. The summed E-state index contributed by atoms with van der Waals surface area (Å²) < 4.78 is 0.985. The lowest BCUT2D eigenvalue weighted by Crippen LogP contribution is -2.25. The number of hydrogen-bond donors (Lipinski definition) is 1. The van der Waals surface area contributed by atoms with Crippen LogP contribution in [0.2, 0.25) is 5.02 Å². The molecule has 1 aromatic rings. The van der Waals surface area contributed by atoms with Crippen LogP contribution in [0.3, 0.4) is 0 Å². The average Bonchev–Trinajstić information content (AvgIpc) is 2.34. The van der Waals surface area contributed by atoms with E-state index >= 15 is 0 Å². The van der Waals surface area contributed by atoms with Gasteiger partial charge in [-0.05, 0) is 36.5 Å². The van der Waals surface area contributed by atoms with Crippen LogP contribution in [0.1, 0.15) is 37.7 Å². The SMILES string of the molecule is OC(Cc1ccc(Br)cc1Cl)C1CCCCC1. The highest BCUT2D eigenvalue weighted by Gasteiger charge is 2.22. The Labute approximate surface area is 116 Å². The predicted molar refractivity (Wildman–Crippen MR) is 75.4 cm³/mol. The molecular weight excluding hydrogens is 300 g/mol. The molecule has 0 radical (unpaired) electrons. The molecule has 0 spiro atoms. The third-order valence-corrected chi connectivity index (χ3v) is 4.48. The lowest BCUT2D eigenvalue weighted by molar-refractivity contribution is 0.0851. The molecular formula is C14H18BrClO. The van der Waals surface area contributed by atoms with Crippen LogP contribution < -0.4 is 0 Å². The zero-order valence-corrected chi connectivity index (χ0v) is 12.2. The van der Waals surface area contributed by atoms with Crippen LogP contribution >= 0.6 is 27.5 Å². The van der Waals surface area contributed by atoms with Gasteiger partial charge < -0.3 is 5.11 Å². The monoisotopic (exact) mass is 316 g/mol. The summed E-state index contributed by atoms with van der Waals surface area (Å²) in [5, 5.41) is 11.0. The maximum absolute atomic E-state index is 10.3. The fourth-order valence-corrected chi connectivity index (χ4v) is 3.35. The summed E-state index contributed by atoms with van der Waals surface area (Å²) >= 11 is 9.56. The molecule has 0 amide bonds. The van der Waals surface area contributed by atoms with Crippen molar-refractivity contribution in [2.75, 3.05) is 0 Å². The van der Waals surface area contributed by atoms with Crippen molar-refractivity contribution >= 4 is 27.5 Å². The number of hydrogen-bond acceptors (Lipinski definition) is 1. The van der Waals surface area contributed by atoms with Gasteiger partial charge in [-0.3, -0.25) is 0 Å². The van der Waals surface area contributed by atoms with Gasteiger partial charge in [-0.25, -0.2) is 0 Å². The third-order valence-electron chi connectivity index (χ3n) is 3.64. The zero-order chi connectivity index (χ0) is 12.3. The molecule has 0 bridgehead atoms. The molecule has 0 aromatic heterocycles. The number of aliphatic hydroxyl groups excluding tert-OH is 1. The minimum atomic E-state index is -0.242. The molecule has 1 aliphatic rings. The van der Waals surface area contributed by atoms with Gasteiger partial charge in [0.15, 0.2) is 0 Å². The van der Waals surface area contributed by atoms with Gasteiger partial charge >= 0.3 is 0 Å². The highest BCUT2D eigenvalue weighted by Crippen LogP contribution is 2.30. The molecule has 1 nitrogen and oxygen atoms in total. The maximum atomic E-state index is 10.3. The van der Waals surface area contributed by atoms with E-state index in [0.717, 1.165) is 27.9 Å². The van der Waals surface area contributed by atoms with Gasteiger partial charge in [0.2, 0.25) is 0 Å². The van der Waals surface area contributed by atoms with E-state index in [1.165, 1.54) is 19.3 Å². The van der Waals surface area contributed by atoms with Crippen LogP contribution in [-0.2, 0) is 6.42 Å². The van der Waals surface area contributed by atoms with Crippen LogP contribution in [0.25, 0.3) is 0 Å². The maximum Gasteiger partial charge on any atom is 0.0609 e. The van der Waals surface area contributed by atoms with Crippen molar-refractivity contribution in [2.45, 2.75) is 44.6 Å². The highest BCUT2D eigenvalue weighted by atomic mass is 79.9. The van der Waals surface area contributed by atoms with E-state index in [1.54, 1.807) is 0 Å². The summed E-state index contributed by atoms with van der Waals surface area (Å²) in [5.74, 6) is 0.462. The van der Waals surface area contributed by atoms with E-state index < -0.39 is 0 Å². The number of benzene rings is 1. The highest BCUT2D eigenvalue weighted by molar-refractivity contribution is 9.10. The van der Waals surface area contributed by atoms with Crippen molar-refractivity contribution < 1.29 is 5.11 Å². The minimum absolute atomic E-state index is 0.242. The Morgan fingerprint density at radius 1 is 1.29 bits per heavy atom. The van der Waals surface area contributed by atoms with Crippen molar-refractivity contribution in [1.29, 1.82) is 0 Å². The van der Waals surface area contributed by atoms with Crippen LogP contribution in [0, 0.1) is 5.92 Å². The molecule has 1 aliphatic carbocycles. The minimum Gasteiger partial charge on any atom is -0.392 e. The van der Waals surface area contributed by atoms with Crippen molar-refractivity contribution in [3.05, 3.63) is 33.3 Å². The fourth-order valence-electron chi connectivity index (χ4n) is 2.60. The lowest BCUT2D eigenvalue weighted by atomic mass is 9.83. The van der Waals surface area contributed by atoms with Crippen LogP contribution in [-0.4, -0.2) is 11.2 Å². The van der Waals surface area contributed by atoms with Gasteiger partial charge in [0.05, 0.1) is 6.10 Å². The van der Waals surface area contributed by atoms with Gasteiger partial charge in [0.25, 0.3) is 0 Å². The van der Waals surface area contributed by atoms with Gasteiger partial charge in [-0.15, -0.1) is 0 Å². The fraction of sp³-hybridized carbons (Fsp3) is 0.571. The molecule has 1 fully saturated rings. The van der Waals surface area contributed by atoms with Crippen LogP contribution in [0.4, 0.5) is 0 Å². The van der Waals surface area contributed by atoms with E-state index in [-0.39, 0.29) is 6.10 Å². The van der Waals surface area contributed by atoms with Gasteiger partial charge in [-0.1, -0.05) is 52.9 Å². The molecule has 0 saturated heterocycles. The number of aliphatic hydroxyl groups is 1. The third kappa shape index (κ3) is 3.70. The molecule has 1 aromatic carbocycles. The molecule has 2 rings (SSSR count). The molecule has 3 heteroatoms. The lowest BCUT2D eigenvalue weighted by Gasteiger charge is -2.26. The summed E-state index contributed by atoms with van der Waals surface area (Å²) in [6.45, 7) is 0. The first-order valence-corrected chi connectivity index (χ1v) is 7.46. The zero-order valence-electron chi connectivity index (χ0n) is 9.83. The standard InChI is InChI=1S/C14H18BrClO/c15-12-7-6-11(13(16)9-12)8-14(17)10-4-2-1-3-5-10/h6-7,9-10,14,17H,1-5,8H2.